The summed E-state index contributed by atoms with van der Waals surface area (Å²) in [4.78, 5) is 2.22. The number of allylic oxidation sites excluding steroid dienone is 6. The predicted molar refractivity (Wildman–Crippen MR) is 182 cm³/mol. The van der Waals surface area contributed by atoms with Gasteiger partial charge in [0.2, 0.25) is 0 Å². The maximum absolute atomic E-state index is 6.60. The molecule has 0 spiro atoms. The van der Waals surface area contributed by atoms with Gasteiger partial charge in [0.25, 0.3) is 0 Å². The van der Waals surface area contributed by atoms with E-state index in [2.05, 4.69) is 69.3 Å². The monoisotopic (exact) mass is 574 g/mol. The molecule has 0 amide bonds. The highest BCUT2D eigenvalue weighted by molar-refractivity contribution is 5.02. The van der Waals surface area contributed by atoms with E-state index in [-0.39, 0.29) is 11.9 Å². The van der Waals surface area contributed by atoms with Crippen LogP contribution in [0.3, 0.4) is 0 Å². The lowest BCUT2D eigenvalue weighted by molar-refractivity contribution is -0.180. The predicted octanol–water partition coefficient (Wildman–Crippen LogP) is 11.7. The van der Waals surface area contributed by atoms with Crippen molar-refractivity contribution < 1.29 is 9.47 Å². The second kappa shape index (κ2) is 27.9. The van der Waals surface area contributed by atoms with Gasteiger partial charge in [-0.2, -0.15) is 0 Å². The molecular formula is C38H71NO2. The number of ether oxygens (including phenoxy) is 2. The molecule has 3 heteroatoms. The first kappa shape index (κ1) is 38.1. The van der Waals surface area contributed by atoms with Crippen LogP contribution >= 0.6 is 0 Å². The Balaban J connectivity index is 2.16. The van der Waals surface area contributed by atoms with Crippen LogP contribution in [0.1, 0.15) is 168 Å². The second-order valence-corrected chi connectivity index (χ2v) is 12.9. The Bertz CT molecular complexity index is 640. The molecule has 2 atom stereocenters. The number of rotatable bonds is 29. The van der Waals surface area contributed by atoms with Crippen LogP contribution in [-0.2, 0) is 9.47 Å². The van der Waals surface area contributed by atoms with E-state index >= 15 is 0 Å². The molecule has 0 N–H and O–H groups in total. The number of hydrogen-bond donors (Lipinski definition) is 0. The fraction of sp³-hybridized carbons (Fsp3) is 0.842. The first-order valence-electron chi connectivity index (χ1n) is 18.0. The molecule has 0 aliphatic carbocycles. The quantitative estimate of drug-likeness (QED) is 0.0504. The SMILES string of the molecule is CCCCC/C=C\C=C/CCCCCCCC1(CCCCCCC/C=C\CCCCCCC)OC[C@@H](CN(C)C)O1. The maximum atomic E-state index is 6.60. The Hall–Kier alpha value is -0.900. The molecule has 0 aromatic rings. The summed E-state index contributed by atoms with van der Waals surface area (Å²) in [5, 5.41) is 0. The van der Waals surface area contributed by atoms with Crippen LogP contribution in [0.2, 0.25) is 0 Å². The molecular weight excluding hydrogens is 502 g/mol. The summed E-state index contributed by atoms with van der Waals surface area (Å²) in [6.45, 7) is 6.26. The van der Waals surface area contributed by atoms with Crippen molar-refractivity contribution in [2.75, 3.05) is 27.2 Å². The highest BCUT2D eigenvalue weighted by atomic mass is 16.7. The molecule has 1 aliphatic heterocycles. The van der Waals surface area contributed by atoms with Crippen LogP contribution in [0.15, 0.2) is 36.5 Å². The lowest BCUT2D eigenvalue weighted by Gasteiger charge is -2.29. The van der Waals surface area contributed by atoms with Crippen molar-refractivity contribution in [1.82, 2.24) is 4.90 Å². The Kier molecular flexibility index (Phi) is 25.9. The Morgan fingerprint density at radius 3 is 1.49 bits per heavy atom. The molecule has 1 unspecified atom stereocenters. The van der Waals surface area contributed by atoms with E-state index in [0.29, 0.717) is 0 Å². The van der Waals surface area contributed by atoms with Crippen molar-refractivity contribution in [2.45, 2.75) is 180 Å². The minimum absolute atomic E-state index is 0.218. The summed E-state index contributed by atoms with van der Waals surface area (Å²) in [6, 6.07) is 0. The van der Waals surface area contributed by atoms with Crippen LogP contribution in [-0.4, -0.2) is 44.0 Å². The highest BCUT2D eigenvalue weighted by Gasteiger charge is 2.40. The molecule has 1 fully saturated rings. The average Bonchev–Trinajstić information content (AvgIpc) is 3.35. The zero-order chi connectivity index (χ0) is 29.7. The third-order valence-electron chi connectivity index (χ3n) is 8.34. The van der Waals surface area contributed by atoms with Gasteiger partial charge in [0.1, 0.15) is 0 Å². The smallest absolute Gasteiger partial charge is 0.168 e. The second-order valence-electron chi connectivity index (χ2n) is 12.9. The summed E-state index contributed by atoms with van der Waals surface area (Å²) < 4.78 is 13.0. The number of unbranched alkanes of at least 4 members (excludes halogenated alkanes) is 18. The molecule has 0 saturated carbocycles. The van der Waals surface area contributed by atoms with Crippen LogP contribution in [0.5, 0.6) is 0 Å². The zero-order valence-corrected chi connectivity index (χ0v) is 28.2. The van der Waals surface area contributed by atoms with E-state index in [0.717, 1.165) is 26.0 Å². The molecule has 1 heterocycles. The largest absolute Gasteiger partial charge is 0.347 e. The number of likely N-dealkylation sites (N-methyl/N-ethyl adjacent to an activating group) is 1. The summed E-state index contributed by atoms with van der Waals surface area (Å²) in [5.74, 6) is -0.327. The highest BCUT2D eigenvalue weighted by Crippen LogP contribution is 2.35. The fourth-order valence-corrected chi connectivity index (χ4v) is 5.84. The zero-order valence-electron chi connectivity index (χ0n) is 28.2. The van der Waals surface area contributed by atoms with Crippen LogP contribution < -0.4 is 0 Å². The van der Waals surface area contributed by atoms with Crippen molar-refractivity contribution >= 4 is 0 Å². The summed E-state index contributed by atoms with van der Waals surface area (Å²) in [7, 11) is 4.26. The normalized spacial score (nSPS) is 19.7. The van der Waals surface area contributed by atoms with Crippen molar-refractivity contribution in [1.29, 1.82) is 0 Å². The van der Waals surface area contributed by atoms with E-state index < -0.39 is 0 Å². The van der Waals surface area contributed by atoms with Crippen molar-refractivity contribution in [2.24, 2.45) is 0 Å². The van der Waals surface area contributed by atoms with Gasteiger partial charge in [-0.15, -0.1) is 0 Å². The molecule has 1 saturated heterocycles. The molecule has 1 aliphatic rings. The van der Waals surface area contributed by atoms with Gasteiger partial charge in [-0.05, 0) is 78.3 Å². The first-order valence-corrected chi connectivity index (χ1v) is 18.0. The van der Waals surface area contributed by atoms with Crippen molar-refractivity contribution in [3.63, 3.8) is 0 Å². The van der Waals surface area contributed by atoms with Gasteiger partial charge in [0.15, 0.2) is 5.79 Å². The third kappa shape index (κ3) is 23.3. The van der Waals surface area contributed by atoms with Gasteiger partial charge < -0.3 is 14.4 Å². The molecule has 0 aromatic heterocycles. The minimum Gasteiger partial charge on any atom is -0.347 e. The van der Waals surface area contributed by atoms with E-state index in [9.17, 15) is 0 Å². The van der Waals surface area contributed by atoms with Crippen LogP contribution in [0, 0.1) is 0 Å². The molecule has 3 nitrogen and oxygen atoms in total. The lowest BCUT2D eigenvalue weighted by Crippen LogP contribution is -2.33. The van der Waals surface area contributed by atoms with E-state index in [1.165, 1.54) is 141 Å². The van der Waals surface area contributed by atoms with E-state index in [4.69, 9.17) is 9.47 Å². The van der Waals surface area contributed by atoms with Crippen LogP contribution in [0.4, 0.5) is 0 Å². The molecule has 0 bridgehead atoms. The summed E-state index contributed by atoms with van der Waals surface area (Å²) in [6.07, 6.45) is 45.2. The summed E-state index contributed by atoms with van der Waals surface area (Å²) >= 11 is 0. The third-order valence-corrected chi connectivity index (χ3v) is 8.34. The fourth-order valence-electron chi connectivity index (χ4n) is 5.84. The van der Waals surface area contributed by atoms with Gasteiger partial charge >= 0.3 is 0 Å². The van der Waals surface area contributed by atoms with Gasteiger partial charge in [-0.3, -0.25) is 0 Å². The minimum atomic E-state index is -0.327. The Labute approximate surface area is 257 Å². The topological polar surface area (TPSA) is 21.7 Å². The maximum Gasteiger partial charge on any atom is 0.168 e. The number of hydrogen-bond acceptors (Lipinski definition) is 3. The molecule has 41 heavy (non-hydrogen) atoms. The van der Waals surface area contributed by atoms with Gasteiger partial charge in [-0.25, -0.2) is 0 Å². The Morgan fingerprint density at radius 1 is 0.561 bits per heavy atom. The van der Waals surface area contributed by atoms with Crippen LogP contribution in [0.25, 0.3) is 0 Å². The van der Waals surface area contributed by atoms with Crippen molar-refractivity contribution in [3.05, 3.63) is 36.5 Å². The van der Waals surface area contributed by atoms with Gasteiger partial charge in [0, 0.05) is 19.4 Å². The average molecular weight is 574 g/mol. The molecule has 240 valence electrons. The molecule has 1 rings (SSSR count). The standard InChI is InChI=1S/C38H71NO2/c1-5-7-9-11-13-15-17-19-21-23-25-27-29-31-33-38(40-36-37(41-38)35-39(3)4)34-32-30-28-26-24-22-20-18-16-14-12-10-8-6-2/h13,15,17-20,37H,5-12,14,16,21-36H2,1-4H3/b15-13-,19-17-,20-18-/t37-,38?/m1/s1. The van der Waals surface area contributed by atoms with Crippen molar-refractivity contribution in [3.8, 4) is 0 Å². The number of nitrogens with zero attached hydrogens (tertiary/aromatic N) is 1. The van der Waals surface area contributed by atoms with E-state index in [1.54, 1.807) is 0 Å². The van der Waals surface area contributed by atoms with E-state index in [1.807, 2.05) is 0 Å². The summed E-state index contributed by atoms with van der Waals surface area (Å²) in [5.41, 5.74) is 0. The molecule has 0 aromatic carbocycles. The lowest BCUT2D eigenvalue weighted by atomic mass is 9.99. The molecule has 0 radical (unpaired) electrons. The van der Waals surface area contributed by atoms with Gasteiger partial charge in [0.05, 0.1) is 12.7 Å². The first-order chi connectivity index (χ1) is 20.1. The van der Waals surface area contributed by atoms with Gasteiger partial charge in [-0.1, -0.05) is 127 Å². The Morgan fingerprint density at radius 2 is 0.976 bits per heavy atom.